The summed E-state index contributed by atoms with van der Waals surface area (Å²) in [5.41, 5.74) is 1.05. The molecule has 6 heterocycles. The molecule has 0 bridgehead atoms. The quantitative estimate of drug-likeness (QED) is 0.0518. The van der Waals surface area contributed by atoms with E-state index in [1.807, 2.05) is 38.1 Å². The Hall–Kier alpha value is -11.0. The molecule has 12 aromatic rings. The van der Waals surface area contributed by atoms with Crippen LogP contribution in [0.5, 0.6) is 17.2 Å². The highest BCUT2D eigenvalue weighted by Gasteiger charge is 2.23. The molecule has 0 saturated carbocycles. The Bertz CT molecular complexity index is 5110. The molecule has 6 aromatic heterocycles. The van der Waals surface area contributed by atoms with Gasteiger partial charge in [0.05, 0.1) is 40.0 Å². The summed E-state index contributed by atoms with van der Waals surface area (Å²) in [5, 5.41) is 33.5. The molecule has 0 atom stereocenters. The molecule has 12 rings (SSSR count). The maximum absolute atomic E-state index is 12.7. The lowest BCUT2D eigenvalue weighted by atomic mass is 9.99. The number of ether oxygens (including phenoxy) is 2. The van der Waals surface area contributed by atoms with Gasteiger partial charge >= 0.3 is 45.7 Å². The Balaban J connectivity index is 0.000000147. The largest absolute Gasteiger partial charge is 0.507 e. The standard InChI is InChI=1S/C23H21NO5.C23H16O8.C22H19NO6/c1-3-24(4-2)13-18-19(25)10-9-15-16(12-21(26)29-22(15)18)17-11-14-7-5-6-8-20(14)28-23(17)27;1-12(24)28-11-18-20(29-13(2)25)8-7-15-16(10-21(26)31-22(15)18)17-9-14-5-3-4-6-19(14)30-23(17)27;1-23(8-9-24)12-17-18(25)7-6-14-15(11-20(26)29-21(14)17)16-10-13-4-2-3-5-19(13)28-22(16)27/h5-12,25H,3-4,13H2,1-2H3;3-10H,11H2,1-2H3;2-7,10-11,24-25H,8-9,12H2,1H3. The van der Waals surface area contributed by atoms with Crippen LogP contribution in [0.15, 0.2) is 201 Å². The number of likely N-dealkylation sites (N-methyl/N-ethyl adjacent to an activating group) is 1. The third-order valence-electron chi connectivity index (χ3n) is 14.6. The van der Waals surface area contributed by atoms with Gasteiger partial charge in [0.25, 0.3) is 0 Å². The van der Waals surface area contributed by atoms with Crippen LogP contribution in [0.25, 0.3) is 99.2 Å². The molecule has 0 fully saturated rings. The van der Waals surface area contributed by atoms with Crippen molar-refractivity contribution in [2.24, 2.45) is 0 Å². The number of benzene rings is 6. The second-order valence-electron chi connectivity index (χ2n) is 20.5. The number of esters is 2. The summed E-state index contributed by atoms with van der Waals surface area (Å²) in [6.07, 6.45) is 0. The van der Waals surface area contributed by atoms with Crippen LogP contribution >= 0.6 is 0 Å². The van der Waals surface area contributed by atoms with E-state index in [2.05, 4.69) is 4.90 Å². The van der Waals surface area contributed by atoms with Gasteiger partial charge in [0.1, 0.15) is 57.4 Å². The molecular weight excluding hydrogens is 1150 g/mol. The predicted octanol–water partition coefficient (Wildman–Crippen LogP) is 10.4. The second kappa shape index (κ2) is 26.3. The van der Waals surface area contributed by atoms with Crippen LogP contribution < -0.4 is 38.5 Å². The summed E-state index contributed by atoms with van der Waals surface area (Å²) in [6, 6.07) is 39.4. The fraction of sp³-hybridized carbons (Fsp3) is 0.176. The molecule has 89 heavy (non-hydrogen) atoms. The zero-order valence-electron chi connectivity index (χ0n) is 48.6. The SMILES string of the molecule is CC(=O)OCc1c(OC(C)=O)ccc2c(-c3cc4ccccc4oc3=O)cc(=O)oc12.CCN(CC)Cc1c(O)ccc2c(-c3cc4ccccc4oc3=O)cc(=O)oc12.CN(CCO)Cc1c(O)ccc2c(-c3cc4ccccc4oc3=O)cc(=O)oc12. The number of para-hydroxylation sites is 3. The van der Waals surface area contributed by atoms with Crippen molar-refractivity contribution in [3.05, 3.63) is 225 Å². The fourth-order valence-corrected chi connectivity index (χ4v) is 10.3. The number of fused-ring (bicyclic) bond motifs is 6. The van der Waals surface area contributed by atoms with E-state index in [1.165, 1.54) is 44.2 Å². The summed E-state index contributed by atoms with van der Waals surface area (Å²) < 4.78 is 42.7. The minimum Gasteiger partial charge on any atom is -0.507 e. The number of carbonyl (C=O) groups is 2. The highest BCUT2D eigenvalue weighted by atomic mass is 16.5. The molecule has 0 spiro atoms. The van der Waals surface area contributed by atoms with E-state index in [0.29, 0.717) is 73.6 Å². The van der Waals surface area contributed by atoms with E-state index in [1.54, 1.807) is 103 Å². The van der Waals surface area contributed by atoms with Gasteiger partial charge < -0.3 is 51.3 Å². The van der Waals surface area contributed by atoms with E-state index in [0.717, 1.165) is 23.9 Å². The van der Waals surface area contributed by atoms with Gasteiger partial charge in [0.15, 0.2) is 0 Å². The first-order valence-corrected chi connectivity index (χ1v) is 27.9. The average Bonchev–Trinajstić information content (AvgIpc) is 0.831. The summed E-state index contributed by atoms with van der Waals surface area (Å²) in [6.45, 7) is 8.76. The van der Waals surface area contributed by atoms with E-state index in [-0.39, 0.29) is 81.6 Å². The van der Waals surface area contributed by atoms with Crippen molar-refractivity contribution in [2.75, 3.05) is 33.3 Å². The fourth-order valence-electron chi connectivity index (χ4n) is 10.3. The van der Waals surface area contributed by atoms with Gasteiger partial charge in [-0.1, -0.05) is 68.4 Å². The van der Waals surface area contributed by atoms with E-state index in [9.17, 15) is 48.6 Å². The number of aliphatic hydroxyl groups is 1. The Kier molecular flexibility index (Phi) is 18.1. The van der Waals surface area contributed by atoms with E-state index >= 15 is 0 Å². The lowest BCUT2D eigenvalue weighted by molar-refractivity contribution is -0.142. The first-order chi connectivity index (χ1) is 42.8. The number of aliphatic hydroxyl groups excluding tert-OH is 1. The molecule has 21 nitrogen and oxygen atoms in total. The Morgan fingerprint density at radius 1 is 0.461 bits per heavy atom. The van der Waals surface area contributed by atoms with Crippen LogP contribution in [-0.2, 0) is 34.0 Å². The van der Waals surface area contributed by atoms with Gasteiger partial charge in [-0.3, -0.25) is 19.4 Å². The van der Waals surface area contributed by atoms with Crippen molar-refractivity contribution in [1.82, 2.24) is 9.80 Å². The summed E-state index contributed by atoms with van der Waals surface area (Å²) in [5.74, 6) is -1.08. The molecule has 0 aliphatic heterocycles. The number of rotatable bonds is 14. The number of hydrogen-bond donors (Lipinski definition) is 3. The molecule has 6 aromatic carbocycles. The maximum atomic E-state index is 12.7. The zero-order chi connectivity index (χ0) is 63.2. The monoisotopic (exact) mass is 1200 g/mol. The van der Waals surface area contributed by atoms with Crippen LogP contribution in [0.4, 0.5) is 0 Å². The number of phenols is 2. The summed E-state index contributed by atoms with van der Waals surface area (Å²) in [7, 11) is 1.77. The van der Waals surface area contributed by atoms with Crippen molar-refractivity contribution >= 4 is 77.8 Å². The average molecular weight is 1210 g/mol. The topological polar surface area (TPSA) is 301 Å². The third-order valence-corrected chi connectivity index (χ3v) is 14.6. The zero-order valence-corrected chi connectivity index (χ0v) is 48.6. The number of aromatic hydroxyl groups is 2. The van der Waals surface area contributed by atoms with Crippen LogP contribution in [0.3, 0.4) is 0 Å². The lowest BCUT2D eigenvalue weighted by Gasteiger charge is -2.19. The Labute approximate surface area is 502 Å². The second-order valence-corrected chi connectivity index (χ2v) is 20.5. The van der Waals surface area contributed by atoms with Crippen LogP contribution in [0, 0.1) is 0 Å². The molecule has 0 aliphatic carbocycles. The van der Waals surface area contributed by atoms with Crippen molar-refractivity contribution in [1.29, 1.82) is 0 Å². The normalized spacial score (nSPS) is 11.3. The molecule has 3 N–H and O–H groups in total. The van der Waals surface area contributed by atoms with E-state index in [4.69, 9.17) is 41.1 Å². The Morgan fingerprint density at radius 2 is 0.843 bits per heavy atom. The third kappa shape index (κ3) is 13.2. The van der Waals surface area contributed by atoms with Crippen molar-refractivity contribution in [3.8, 4) is 50.6 Å². The van der Waals surface area contributed by atoms with Crippen LogP contribution in [0.1, 0.15) is 44.4 Å². The summed E-state index contributed by atoms with van der Waals surface area (Å²) >= 11 is 0. The summed E-state index contributed by atoms with van der Waals surface area (Å²) in [4.78, 5) is 102. The van der Waals surface area contributed by atoms with Crippen LogP contribution in [0.2, 0.25) is 0 Å². The van der Waals surface area contributed by atoms with Crippen molar-refractivity contribution in [2.45, 2.75) is 47.4 Å². The van der Waals surface area contributed by atoms with Gasteiger partial charge in [0.2, 0.25) is 0 Å². The molecule has 452 valence electrons. The molecule has 0 saturated heterocycles. The first-order valence-electron chi connectivity index (χ1n) is 27.9. The highest BCUT2D eigenvalue weighted by Crippen LogP contribution is 2.37. The molecule has 0 radical (unpaired) electrons. The van der Waals surface area contributed by atoms with E-state index < -0.39 is 45.7 Å². The Morgan fingerprint density at radius 3 is 1.22 bits per heavy atom. The van der Waals surface area contributed by atoms with Gasteiger partial charge in [-0.2, -0.15) is 0 Å². The number of phenolic OH excluding ortho intramolecular Hbond substituents is 2. The predicted molar refractivity (Wildman–Crippen MR) is 332 cm³/mol. The van der Waals surface area contributed by atoms with Gasteiger partial charge in [-0.25, -0.2) is 28.8 Å². The molecule has 21 heteroatoms. The van der Waals surface area contributed by atoms with Crippen LogP contribution in [-0.4, -0.2) is 70.3 Å². The van der Waals surface area contributed by atoms with Gasteiger partial charge in [-0.05, 0) is 92.9 Å². The van der Waals surface area contributed by atoms with Crippen molar-refractivity contribution < 1.29 is 60.9 Å². The highest BCUT2D eigenvalue weighted by molar-refractivity contribution is 6.00. The minimum absolute atomic E-state index is 0.0341. The van der Waals surface area contributed by atoms with Crippen molar-refractivity contribution in [3.63, 3.8) is 0 Å². The minimum atomic E-state index is -0.737. The lowest BCUT2D eigenvalue weighted by Crippen LogP contribution is -2.22. The molecule has 0 aliphatic rings. The maximum Gasteiger partial charge on any atom is 0.344 e. The van der Waals surface area contributed by atoms with Gasteiger partial charge in [0, 0.05) is 101 Å². The molecular formula is C68H56N2O19. The smallest absolute Gasteiger partial charge is 0.344 e. The number of hydrogen-bond acceptors (Lipinski definition) is 21. The van der Waals surface area contributed by atoms with Gasteiger partial charge in [-0.15, -0.1) is 0 Å². The number of nitrogens with zero attached hydrogens (tertiary/aromatic N) is 2. The molecule has 0 amide bonds. The first kappa shape index (κ1) is 61.1. The number of carbonyl (C=O) groups excluding carboxylic acids is 2. The molecule has 0 unspecified atom stereocenters.